The molecule has 3 N–H and O–H groups in total. The predicted octanol–water partition coefficient (Wildman–Crippen LogP) is -0.275. The predicted molar refractivity (Wildman–Crippen MR) is 69.9 cm³/mol. The average Bonchev–Trinajstić information content (AvgIpc) is 3.25. The molecule has 1 aromatic carbocycles. The van der Waals surface area contributed by atoms with Crippen LogP contribution >= 0.6 is 0 Å². The number of epoxide rings is 1. The van der Waals surface area contributed by atoms with Gasteiger partial charge in [0.15, 0.2) is 5.78 Å². The number of hydrogen-bond donors (Lipinski definition) is 3. The average molecular weight is 291 g/mol. The fraction of sp³-hybridized carbons (Fsp3) is 0.286. The van der Waals surface area contributed by atoms with E-state index >= 15 is 0 Å². The lowest BCUT2D eigenvalue weighted by atomic mass is 10.0. The van der Waals surface area contributed by atoms with E-state index in [0.717, 1.165) is 6.08 Å². The molecule has 21 heavy (non-hydrogen) atoms. The van der Waals surface area contributed by atoms with Gasteiger partial charge in [0.1, 0.15) is 29.8 Å². The quantitative estimate of drug-likeness (QED) is 0.661. The number of fused-ring (bicyclic) bond motifs is 1. The number of amides is 1. The maximum atomic E-state index is 12.1. The molecule has 0 bridgehead atoms. The van der Waals surface area contributed by atoms with Gasteiger partial charge in [0.05, 0.1) is 18.4 Å². The van der Waals surface area contributed by atoms with Crippen LogP contribution in [0.3, 0.4) is 0 Å². The second-order valence-electron chi connectivity index (χ2n) is 4.81. The maximum absolute atomic E-state index is 12.1. The van der Waals surface area contributed by atoms with Gasteiger partial charge in [-0.1, -0.05) is 0 Å². The highest BCUT2D eigenvalue weighted by molar-refractivity contribution is 6.01. The number of carbonyl (C=O) groups excluding carboxylic acids is 2. The van der Waals surface area contributed by atoms with E-state index in [1.165, 1.54) is 25.3 Å². The minimum atomic E-state index is -1.06. The molecular weight excluding hydrogens is 278 g/mol. The maximum Gasteiger partial charge on any atom is 0.259 e. The van der Waals surface area contributed by atoms with Crippen LogP contribution < -0.4 is 10.1 Å². The van der Waals surface area contributed by atoms with Crippen LogP contribution in [0.1, 0.15) is 10.4 Å². The van der Waals surface area contributed by atoms with E-state index in [-0.39, 0.29) is 22.8 Å². The van der Waals surface area contributed by atoms with Crippen LogP contribution in [0.2, 0.25) is 0 Å². The molecular formula is C14H13NO6. The van der Waals surface area contributed by atoms with Gasteiger partial charge in [-0.3, -0.25) is 9.59 Å². The number of phenolic OH excluding ortho intramolecular Hbond substituents is 1. The summed E-state index contributed by atoms with van der Waals surface area (Å²) in [6.07, 6.45) is -1.11. The number of benzene rings is 1. The molecule has 0 saturated carbocycles. The van der Waals surface area contributed by atoms with Crippen molar-refractivity contribution in [1.29, 1.82) is 0 Å². The SMILES string of the molecule is COc1ccc(C(=O)NC2=CC(=O)C3OC3C2O)c(O)c1. The van der Waals surface area contributed by atoms with Crippen molar-refractivity contribution >= 4 is 11.7 Å². The van der Waals surface area contributed by atoms with Crippen molar-refractivity contribution in [2.75, 3.05) is 7.11 Å². The Morgan fingerprint density at radius 3 is 2.86 bits per heavy atom. The number of ketones is 1. The smallest absolute Gasteiger partial charge is 0.259 e. The molecule has 1 aliphatic heterocycles. The van der Waals surface area contributed by atoms with Gasteiger partial charge in [0.25, 0.3) is 5.91 Å². The van der Waals surface area contributed by atoms with Crippen molar-refractivity contribution in [3.05, 3.63) is 35.5 Å². The third-order valence-corrected chi connectivity index (χ3v) is 3.44. The summed E-state index contributed by atoms with van der Waals surface area (Å²) >= 11 is 0. The monoisotopic (exact) mass is 291 g/mol. The molecule has 0 spiro atoms. The Labute approximate surface area is 119 Å². The molecule has 110 valence electrons. The lowest BCUT2D eigenvalue weighted by molar-refractivity contribution is -0.116. The number of nitrogens with one attached hydrogen (secondary N) is 1. The number of aliphatic hydroxyl groups is 1. The summed E-state index contributed by atoms with van der Waals surface area (Å²) in [6, 6.07) is 4.20. The second-order valence-corrected chi connectivity index (χ2v) is 4.81. The minimum Gasteiger partial charge on any atom is -0.507 e. The Bertz CT molecular complexity index is 653. The van der Waals surface area contributed by atoms with E-state index in [0.29, 0.717) is 5.75 Å². The lowest BCUT2D eigenvalue weighted by Gasteiger charge is -2.17. The van der Waals surface area contributed by atoms with E-state index < -0.39 is 24.2 Å². The van der Waals surface area contributed by atoms with Gasteiger partial charge >= 0.3 is 0 Å². The molecule has 2 aliphatic rings. The first-order valence-corrected chi connectivity index (χ1v) is 6.28. The topological polar surface area (TPSA) is 108 Å². The van der Waals surface area contributed by atoms with E-state index in [1.807, 2.05) is 0 Å². The first-order chi connectivity index (χ1) is 10.0. The molecule has 3 rings (SSSR count). The number of phenols is 1. The van der Waals surface area contributed by atoms with Crippen molar-refractivity contribution < 1.29 is 29.3 Å². The van der Waals surface area contributed by atoms with Crippen molar-refractivity contribution in [2.45, 2.75) is 18.3 Å². The van der Waals surface area contributed by atoms with Gasteiger partial charge in [0, 0.05) is 12.1 Å². The van der Waals surface area contributed by atoms with Crippen LogP contribution in [-0.2, 0) is 9.53 Å². The van der Waals surface area contributed by atoms with E-state index in [1.54, 1.807) is 0 Å². The van der Waals surface area contributed by atoms with Gasteiger partial charge in [-0.25, -0.2) is 0 Å². The van der Waals surface area contributed by atoms with Gasteiger partial charge < -0.3 is 25.0 Å². The highest BCUT2D eigenvalue weighted by Gasteiger charge is 2.53. The molecule has 1 saturated heterocycles. The molecule has 0 aromatic heterocycles. The lowest BCUT2D eigenvalue weighted by Crippen LogP contribution is -2.37. The van der Waals surface area contributed by atoms with Crippen LogP contribution in [0.15, 0.2) is 30.0 Å². The largest absolute Gasteiger partial charge is 0.507 e. The van der Waals surface area contributed by atoms with E-state index in [2.05, 4.69) is 5.32 Å². The van der Waals surface area contributed by atoms with Crippen LogP contribution in [0.5, 0.6) is 11.5 Å². The Kier molecular flexibility index (Phi) is 3.15. The fourth-order valence-electron chi connectivity index (χ4n) is 2.23. The molecule has 1 fully saturated rings. The Morgan fingerprint density at radius 2 is 2.19 bits per heavy atom. The van der Waals surface area contributed by atoms with Crippen molar-refractivity contribution in [1.82, 2.24) is 5.32 Å². The van der Waals surface area contributed by atoms with Crippen LogP contribution in [0, 0.1) is 0 Å². The van der Waals surface area contributed by atoms with Crippen molar-refractivity contribution in [3.8, 4) is 11.5 Å². The third kappa shape index (κ3) is 2.37. The summed E-state index contributed by atoms with van der Waals surface area (Å²) < 4.78 is 9.93. The van der Waals surface area contributed by atoms with Gasteiger partial charge in [-0.15, -0.1) is 0 Å². The first kappa shape index (κ1) is 13.6. The Hall–Kier alpha value is -2.38. The number of rotatable bonds is 3. The molecule has 1 aliphatic carbocycles. The standard InChI is InChI=1S/C14H13NO6/c1-20-6-2-3-7(9(16)4-6)14(19)15-8-5-10(17)12-13(21-12)11(8)18/h2-5,11-13,16,18H,1H3,(H,15,19). The molecule has 7 heteroatoms. The fourth-order valence-corrected chi connectivity index (χ4v) is 2.23. The molecule has 3 atom stereocenters. The van der Waals surface area contributed by atoms with Crippen molar-refractivity contribution in [3.63, 3.8) is 0 Å². The van der Waals surface area contributed by atoms with Gasteiger partial charge in [0.2, 0.25) is 0 Å². The molecule has 0 radical (unpaired) electrons. The van der Waals surface area contributed by atoms with Crippen molar-refractivity contribution in [2.24, 2.45) is 0 Å². The number of carbonyl (C=O) groups is 2. The number of methoxy groups -OCH3 is 1. The molecule has 7 nitrogen and oxygen atoms in total. The molecule has 1 amide bonds. The summed E-state index contributed by atoms with van der Waals surface area (Å²) in [5.74, 6) is -0.776. The van der Waals surface area contributed by atoms with Crippen LogP contribution in [0.4, 0.5) is 0 Å². The number of ether oxygens (including phenoxy) is 2. The van der Waals surface area contributed by atoms with Gasteiger partial charge in [-0.05, 0) is 12.1 Å². The summed E-state index contributed by atoms with van der Waals surface area (Å²) in [4.78, 5) is 23.6. The Morgan fingerprint density at radius 1 is 1.43 bits per heavy atom. The zero-order valence-corrected chi connectivity index (χ0v) is 11.1. The zero-order valence-electron chi connectivity index (χ0n) is 11.1. The molecule has 1 heterocycles. The first-order valence-electron chi connectivity index (χ1n) is 6.28. The van der Waals surface area contributed by atoms with Crippen LogP contribution in [-0.4, -0.2) is 47.3 Å². The summed E-state index contributed by atoms with van der Waals surface area (Å²) in [5, 5.41) is 22.1. The normalized spacial score (nSPS) is 26.7. The summed E-state index contributed by atoms with van der Waals surface area (Å²) in [7, 11) is 1.44. The molecule has 3 unspecified atom stereocenters. The zero-order chi connectivity index (χ0) is 15.1. The minimum absolute atomic E-state index is 0.00943. The van der Waals surface area contributed by atoms with Gasteiger partial charge in [-0.2, -0.15) is 0 Å². The second kappa shape index (κ2) is 4.87. The number of hydrogen-bond acceptors (Lipinski definition) is 6. The number of aromatic hydroxyl groups is 1. The van der Waals surface area contributed by atoms with E-state index in [4.69, 9.17) is 9.47 Å². The molecule has 1 aromatic rings. The highest BCUT2D eigenvalue weighted by atomic mass is 16.6. The van der Waals surface area contributed by atoms with E-state index in [9.17, 15) is 19.8 Å². The summed E-state index contributed by atoms with van der Waals surface area (Å²) in [6.45, 7) is 0. The Balaban J connectivity index is 1.79. The third-order valence-electron chi connectivity index (χ3n) is 3.44. The summed E-state index contributed by atoms with van der Waals surface area (Å²) in [5.41, 5.74) is 0.0779. The van der Waals surface area contributed by atoms with Crippen LogP contribution in [0.25, 0.3) is 0 Å². The number of aliphatic hydroxyl groups excluding tert-OH is 1. The highest BCUT2D eigenvalue weighted by Crippen LogP contribution is 2.33.